The molecule has 0 saturated heterocycles. The molecule has 3 nitrogen and oxygen atoms in total. The minimum atomic E-state index is 0.0501. The highest BCUT2D eigenvalue weighted by atomic mass is 16.1. The smallest absolute Gasteiger partial charge is 0.167 e. The fourth-order valence-corrected chi connectivity index (χ4v) is 1.47. The summed E-state index contributed by atoms with van der Waals surface area (Å²) >= 11 is 0. The van der Waals surface area contributed by atoms with Crippen LogP contribution in [0.3, 0.4) is 0 Å². The van der Waals surface area contributed by atoms with Crippen molar-refractivity contribution < 1.29 is 4.79 Å². The Morgan fingerprint density at radius 3 is 3.20 bits per heavy atom. The van der Waals surface area contributed by atoms with E-state index in [2.05, 4.69) is 11.0 Å². The molecule has 74 valence electrons. The van der Waals surface area contributed by atoms with E-state index < -0.39 is 0 Å². The van der Waals surface area contributed by atoms with Crippen molar-refractivity contribution in [1.29, 1.82) is 0 Å². The van der Waals surface area contributed by atoms with E-state index in [0.717, 1.165) is 5.52 Å². The maximum Gasteiger partial charge on any atom is 0.167 e. The summed E-state index contributed by atoms with van der Waals surface area (Å²) in [5, 5.41) is 4.09. The van der Waals surface area contributed by atoms with Crippen molar-refractivity contribution in [3.05, 3.63) is 36.2 Å². The second-order valence-corrected chi connectivity index (χ2v) is 3.22. The zero-order chi connectivity index (χ0) is 10.7. The topological polar surface area (TPSA) is 34.4 Å². The zero-order valence-electron chi connectivity index (χ0n) is 8.18. The number of hydrogen-bond donors (Lipinski definition) is 0. The van der Waals surface area contributed by atoms with E-state index in [-0.39, 0.29) is 5.78 Å². The molecule has 0 aromatic carbocycles. The molecule has 0 aliphatic heterocycles. The summed E-state index contributed by atoms with van der Waals surface area (Å²) in [6.07, 6.45) is 9.38. The summed E-state index contributed by atoms with van der Waals surface area (Å²) in [4.78, 5) is 11.7. The van der Waals surface area contributed by atoms with Gasteiger partial charge in [0.05, 0.1) is 17.3 Å². The standard InChI is InChI=1S/C12H10N2O/c1-2-3-7-12(15)10-9-13-14-8-5-4-6-11(10)14/h1,4-6,8-9H,3,7H2. The Morgan fingerprint density at radius 1 is 1.53 bits per heavy atom. The van der Waals surface area contributed by atoms with E-state index >= 15 is 0 Å². The van der Waals surface area contributed by atoms with Crippen LogP contribution in [0.2, 0.25) is 0 Å². The first-order valence-corrected chi connectivity index (χ1v) is 4.72. The van der Waals surface area contributed by atoms with E-state index in [1.54, 1.807) is 10.7 Å². The summed E-state index contributed by atoms with van der Waals surface area (Å²) < 4.78 is 1.68. The molecule has 0 spiro atoms. The molecule has 0 aliphatic carbocycles. The normalized spacial score (nSPS) is 10.1. The fraction of sp³-hybridized carbons (Fsp3) is 0.167. The lowest BCUT2D eigenvalue weighted by atomic mass is 10.1. The lowest BCUT2D eigenvalue weighted by Gasteiger charge is -1.95. The van der Waals surface area contributed by atoms with E-state index in [0.29, 0.717) is 18.4 Å². The number of carbonyl (C=O) groups excluding carboxylic acids is 1. The second kappa shape index (κ2) is 3.97. The average molecular weight is 198 g/mol. The monoisotopic (exact) mass is 198 g/mol. The number of Topliss-reactive ketones (excluding diaryl/α,β-unsaturated/α-hetero) is 1. The average Bonchev–Trinajstić information content (AvgIpc) is 2.69. The number of fused-ring (bicyclic) bond motifs is 1. The van der Waals surface area contributed by atoms with Gasteiger partial charge in [0, 0.05) is 19.0 Å². The van der Waals surface area contributed by atoms with Gasteiger partial charge in [0.25, 0.3) is 0 Å². The number of hydrogen-bond acceptors (Lipinski definition) is 2. The van der Waals surface area contributed by atoms with Crippen molar-refractivity contribution >= 4 is 11.3 Å². The van der Waals surface area contributed by atoms with Crippen LogP contribution in [0.4, 0.5) is 0 Å². The van der Waals surface area contributed by atoms with Crippen molar-refractivity contribution in [1.82, 2.24) is 9.61 Å². The predicted octanol–water partition coefficient (Wildman–Crippen LogP) is 1.93. The van der Waals surface area contributed by atoms with E-state index in [1.165, 1.54) is 0 Å². The fourth-order valence-electron chi connectivity index (χ4n) is 1.47. The third-order valence-electron chi connectivity index (χ3n) is 2.22. The lowest BCUT2D eigenvalue weighted by Crippen LogP contribution is -1.97. The zero-order valence-corrected chi connectivity index (χ0v) is 8.18. The molecule has 0 fully saturated rings. The van der Waals surface area contributed by atoms with Gasteiger partial charge in [-0.1, -0.05) is 6.07 Å². The molecule has 0 unspecified atom stereocenters. The molecule has 2 aromatic heterocycles. The van der Waals surface area contributed by atoms with Gasteiger partial charge in [0.2, 0.25) is 0 Å². The molecule has 0 N–H and O–H groups in total. The highest BCUT2D eigenvalue weighted by molar-refractivity contribution is 6.02. The Balaban J connectivity index is 2.36. The van der Waals surface area contributed by atoms with Crippen molar-refractivity contribution in [3.8, 4) is 12.3 Å². The van der Waals surface area contributed by atoms with Crippen molar-refractivity contribution in [2.75, 3.05) is 0 Å². The molecule has 0 amide bonds. The Labute approximate surface area is 87.7 Å². The first-order chi connectivity index (χ1) is 7.33. The first-order valence-electron chi connectivity index (χ1n) is 4.72. The predicted molar refractivity (Wildman–Crippen MR) is 57.6 cm³/mol. The lowest BCUT2D eigenvalue weighted by molar-refractivity contribution is 0.0986. The van der Waals surface area contributed by atoms with Gasteiger partial charge in [-0.15, -0.1) is 12.3 Å². The molecule has 2 rings (SSSR count). The van der Waals surface area contributed by atoms with Gasteiger partial charge in [-0.05, 0) is 12.1 Å². The Bertz CT molecular complexity index is 534. The van der Waals surface area contributed by atoms with Crippen LogP contribution >= 0.6 is 0 Å². The molecular weight excluding hydrogens is 188 g/mol. The number of ketones is 1. The van der Waals surface area contributed by atoms with Crippen molar-refractivity contribution in [2.45, 2.75) is 12.8 Å². The quantitative estimate of drug-likeness (QED) is 0.558. The van der Waals surface area contributed by atoms with E-state index in [9.17, 15) is 4.79 Å². The SMILES string of the molecule is C#CCCC(=O)c1cnn2ccccc12. The Kier molecular flexibility index (Phi) is 2.51. The van der Waals surface area contributed by atoms with Crippen LogP contribution in [0, 0.1) is 12.3 Å². The van der Waals surface area contributed by atoms with Gasteiger partial charge in [-0.3, -0.25) is 4.79 Å². The second-order valence-electron chi connectivity index (χ2n) is 3.22. The maximum absolute atomic E-state index is 11.7. The van der Waals surface area contributed by atoms with Crippen LogP contribution in [0.1, 0.15) is 23.2 Å². The molecule has 0 atom stereocenters. The number of pyridine rings is 1. The molecule has 15 heavy (non-hydrogen) atoms. The maximum atomic E-state index is 11.7. The van der Waals surface area contributed by atoms with Gasteiger partial charge >= 0.3 is 0 Å². The Morgan fingerprint density at radius 2 is 2.40 bits per heavy atom. The van der Waals surface area contributed by atoms with Gasteiger partial charge < -0.3 is 0 Å². The Hall–Kier alpha value is -2.08. The number of terminal acetylenes is 1. The van der Waals surface area contributed by atoms with Crippen LogP contribution in [-0.4, -0.2) is 15.4 Å². The molecule has 0 aliphatic rings. The third kappa shape index (κ3) is 1.75. The number of carbonyl (C=O) groups is 1. The molecule has 0 radical (unpaired) electrons. The van der Waals surface area contributed by atoms with Crippen LogP contribution in [0.5, 0.6) is 0 Å². The molecule has 0 saturated carbocycles. The summed E-state index contributed by atoms with van der Waals surface area (Å²) in [7, 11) is 0. The number of aromatic nitrogens is 2. The van der Waals surface area contributed by atoms with Crippen molar-refractivity contribution in [2.24, 2.45) is 0 Å². The summed E-state index contributed by atoms with van der Waals surface area (Å²) in [5.74, 6) is 2.51. The van der Waals surface area contributed by atoms with Crippen LogP contribution < -0.4 is 0 Å². The number of rotatable bonds is 3. The van der Waals surface area contributed by atoms with Gasteiger partial charge in [0.15, 0.2) is 5.78 Å². The van der Waals surface area contributed by atoms with Crippen LogP contribution in [0.15, 0.2) is 30.6 Å². The largest absolute Gasteiger partial charge is 0.294 e. The first kappa shape index (κ1) is 9.47. The van der Waals surface area contributed by atoms with Gasteiger partial charge in [-0.25, -0.2) is 4.52 Å². The molecule has 3 heteroatoms. The summed E-state index contributed by atoms with van der Waals surface area (Å²) in [5.41, 5.74) is 1.48. The highest BCUT2D eigenvalue weighted by Crippen LogP contribution is 2.12. The molecule has 2 aromatic rings. The van der Waals surface area contributed by atoms with Gasteiger partial charge in [-0.2, -0.15) is 5.10 Å². The number of nitrogens with zero attached hydrogens (tertiary/aromatic N) is 2. The molecule has 2 heterocycles. The van der Waals surface area contributed by atoms with Crippen LogP contribution in [0.25, 0.3) is 5.52 Å². The van der Waals surface area contributed by atoms with Gasteiger partial charge in [0.1, 0.15) is 0 Å². The minimum absolute atomic E-state index is 0.0501. The third-order valence-corrected chi connectivity index (χ3v) is 2.22. The van der Waals surface area contributed by atoms with Crippen LogP contribution in [-0.2, 0) is 0 Å². The van der Waals surface area contributed by atoms with E-state index in [4.69, 9.17) is 6.42 Å². The summed E-state index contributed by atoms with van der Waals surface area (Å²) in [6, 6.07) is 5.63. The van der Waals surface area contributed by atoms with Crippen molar-refractivity contribution in [3.63, 3.8) is 0 Å². The molecular formula is C12H10N2O. The summed E-state index contributed by atoms with van der Waals surface area (Å²) in [6.45, 7) is 0. The molecule has 0 bridgehead atoms. The highest BCUT2D eigenvalue weighted by Gasteiger charge is 2.10. The van der Waals surface area contributed by atoms with E-state index in [1.807, 2.05) is 24.4 Å². The minimum Gasteiger partial charge on any atom is -0.294 e.